The average molecular weight is 540 g/mol. The Bertz CT molecular complexity index is 1420. The molecule has 3 N–H and O–H groups in total. The molecule has 0 radical (unpaired) electrons. The van der Waals surface area contributed by atoms with E-state index in [1.165, 1.54) is 5.56 Å². The molecular weight excluding hydrogens is 506 g/mol. The largest absolute Gasteiger partial charge is 0.340 e. The van der Waals surface area contributed by atoms with Gasteiger partial charge in [-0.1, -0.05) is 68.1 Å². The zero-order valence-corrected chi connectivity index (χ0v) is 23.2. The number of nitrogens with zero attached hydrogens (tertiary/aromatic N) is 2. The van der Waals surface area contributed by atoms with Gasteiger partial charge in [0.15, 0.2) is 5.17 Å². The summed E-state index contributed by atoms with van der Waals surface area (Å²) in [6.07, 6.45) is 1.00. The van der Waals surface area contributed by atoms with Crippen molar-refractivity contribution in [1.82, 2.24) is 4.90 Å². The Morgan fingerprint density at radius 2 is 1.59 bits per heavy atom. The van der Waals surface area contributed by atoms with Crippen molar-refractivity contribution in [3.63, 3.8) is 0 Å². The summed E-state index contributed by atoms with van der Waals surface area (Å²) in [7, 11) is 0. The Morgan fingerprint density at radius 3 is 2.33 bits per heavy atom. The molecular formula is C31H33N5O2S. The molecule has 2 aliphatic heterocycles. The van der Waals surface area contributed by atoms with Gasteiger partial charge in [0, 0.05) is 29.4 Å². The third-order valence-corrected chi connectivity index (χ3v) is 7.91. The predicted octanol–water partition coefficient (Wildman–Crippen LogP) is 7.22. The molecule has 39 heavy (non-hydrogen) atoms. The van der Waals surface area contributed by atoms with Gasteiger partial charge in [0.2, 0.25) is 0 Å². The first-order valence-corrected chi connectivity index (χ1v) is 14.2. The van der Waals surface area contributed by atoms with Gasteiger partial charge in [0.25, 0.3) is 5.91 Å². The van der Waals surface area contributed by atoms with Crippen LogP contribution in [0.15, 0.2) is 95.1 Å². The van der Waals surface area contributed by atoms with Gasteiger partial charge in [-0.25, -0.2) is 9.79 Å². The maximum atomic E-state index is 13.6. The van der Waals surface area contributed by atoms with Crippen molar-refractivity contribution in [3.8, 4) is 0 Å². The van der Waals surface area contributed by atoms with Crippen molar-refractivity contribution in [3.05, 3.63) is 101 Å². The van der Waals surface area contributed by atoms with E-state index in [4.69, 9.17) is 4.99 Å². The maximum Gasteiger partial charge on any atom is 0.323 e. The van der Waals surface area contributed by atoms with E-state index >= 15 is 0 Å². The van der Waals surface area contributed by atoms with Crippen LogP contribution in [0.3, 0.4) is 0 Å². The lowest BCUT2D eigenvalue weighted by Crippen LogP contribution is -2.43. The van der Waals surface area contributed by atoms with Crippen LogP contribution in [0.25, 0.3) is 0 Å². The van der Waals surface area contributed by atoms with Crippen molar-refractivity contribution in [1.29, 1.82) is 0 Å². The second-order valence-corrected chi connectivity index (χ2v) is 11.1. The minimum atomic E-state index is -0.322. The van der Waals surface area contributed by atoms with Crippen molar-refractivity contribution in [2.75, 3.05) is 28.2 Å². The number of rotatable bonds is 6. The first kappa shape index (κ1) is 26.6. The molecule has 0 aliphatic carbocycles. The molecule has 5 rings (SSSR count). The fourth-order valence-electron chi connectivity index (χ4n) is 4.86. The van der Waals surface area contributed by atoms with Crippen LogP contribution in [0.1, 0.15) is 50.3 Å². The van der Waals surface area contributed by atoms with Crippen LogP contribution >= 0.6 is 11.8 Å². The van der Waals surface area contributed by atoms with Crippen LogP contribution in [0.4, 0.5) is 21.9 Å². The van der Waals surface area contributed by atoms with Crippen LogP contribution in [0.5, 0.6) is 0 Å². The number of aliphatic imine (C=N–C) groups is 1. The molecule has 1 fully saturated rings. The number of hydrogen-bond donors (Lipinski definition) is 3. The summed E-state index contributed by atoms with van der Waals surface area (Å²) in [6.45, 7) is 6.97. The zero-order chi connectivity index (χ0) is 27.4. The van der Waals surface area contributed by atoms with Gasteiger partial charge in [-0.05, 0) is 66.8 Å². The molecule has 3 aromatic rings. The van der Waals surface area contributed by atoms with E-state index in [1.807, 2.05) is 85.8 Å². The fraction of sp³-hybridized carbons (Fsp3) is 0.258. The summed E-state index contributed by atoms with van der Waals surface area (Å²) in [6, 6.07) is 24.4. The van der Waals surface area contributed by atoms with Crippen molar-refractivity contribution >= 4 is 45.9 Å². The summed E-state index contributed by atoms with van der Waals surface area (Å²) in [4.78, 5) is 33.4. The number of amidine groups is 1. The van der Waals surface area contributed by atoms with Gasteiger partial charge in [0.1, 0.15) is 0 Å². The topological polar surface area (TPSA) is 85.8 Å². The molecule has 1 atom stereocenters. The Kier molecular flexibility index (Phi) is 8.02. The number of anilines is 3. The van der Waals surface area contributed by atoms with Crippen LogP contribution in [-0.4, -0.2) is 34.3 Å². The van der Waals surface area contributed by atoms with E-state index in [2.05, 4.69) is 34.7 Å². The number of amides is 3. The number of urea groups is 1. The minimum absolute atomic E-state index is 0.178. The van der Waals surface area contributed by atoms with E-state index in [-0.39, 0.29) is 18.0 Å². The second-order valence-electron chi connectivity index (χ2n) is 9.99. The van der Waals surface area contributed by atoms with Crippen LogP contribution in [-0.2, 0) is 4.79 Å². The number of carbonyl (C=O) groups is 2. The minimum Gasteiger partial charge on any atom is -0.340 e. The molecule has 3 aromatic carbocycles. The lowest BCUT2D eigenvalue weighted by Gasteiger charge is -2.41. The molecule has 3 amide bonds. The molecule has 2 heterocycles. The SMILES string of the molecule is CC1=C(C(=O)Nc2ccccc2)C(c2cccc(NC(=O)Nc3ccc(C(C)C)cc3)c2)N2CCCSC2=N1. The Morgan fingerprint density at radius 1 is 0.897 bits per heavy atom. The van der Waals surface area contributed by atoms with Gasteiger partial charge in [0.05, 0.1) is 17.3 Å². The van der Waals surface area contributed by atoms with Gasteiger partial charge >= 0.3 is 6.03 Å². The number of thioether (sulfide) groups is 1. The standard InChI is InChI=1S/C31H33N5O2S/c1-20(2)22-13-15-25(16-14-22)34-30(38)35-26-12-7-9-23(19-26)28-27(29(37)33-24-10-5-4-6-11-24)21(3)32-31-36(28)17-8-18-39-31/h4-7,9-16,19-20,28H,8,17-18H2,1-3H3,(H,33,37)(H2,34,35,38). The first-order chi connectivity index (χ1) is 18.9. The summed E-state index contributed by atoms with van der Waals surface area (Å²) in [5.74, 6) is 1.25. The summed E-state index contributed by atoms with van der Waals surface area (Å²) in [5, 5.41) is 9.83. The zero-order valence-electron chi connectivity index (χ0n) is 22.4. The normalized spacial score (nSPS) is 16.9. The highest BCUT2D eigenvalue weighted by atomic mass is 32.2. The lowest BCUT2D eigenvalue weighted by atomic mass is 9.93. The molecule has 200 valence electrons. The van der Waals surface area contributed by atoms with E-state index in [9.17, 15) is 9.59 Å². The highest BCUT2D eigenvalue weighted by Crippen LogP contribution is 2.40. The number of nitrogens with one attached hydrogen (secondary N) is 3. The average Bonchev–Trinajstić information content (AvgIpc) is 2.93. The second kappa shape index (κ2) is 11.8. The fourth-order valence-corrected chi connectivity index (χ4v) is 5.88. The van der Waals surface area contributed by atoms with Gasteiger partial charge < -0.3 is 20.9 Å². The van der Waals surface area contributed by atoms with Gasteiger partial charge in [-0.15, -0.1) is 0 Å². The third-order valence-electron chi connectivity index (χ3n) is 6.83. The Labute approximate surface area is 233 Å². The van der Waals surface area contributed by atoms with E-state index in [0.717, 1.165) is 40.8 Å². The first-order valence-electron chi connectivity index (χ1n) is 13.2. The number of carbonyl (C=O) groups excluding carboxylic acids is 2. The number of fused-ring (bicyclic) bond motifs is 1. The van der Waals surface area contributed by atoms with E-state index in [0.29, 0.717) is 22.9 Å². The molecule has 1 unspecified atom stereocenters. The third kappa shape index (κ3) is 6.17. The highest BCUT2D eigenvalue weighted by molar-refractivity contribution is 8.13. The van der Waals surface area contributed by atoms with Crippen molar-refractivity contribution < 1.29 is 9.59 Å². The molecule has 7 nitrogen and oxygen atoms in total. The van der Waals surface area contributed by atoms with Crippen LogP contribution in [0, 0.1) is 0 Å². The highest BCUT2D eigenvalue weighted by Gasteiger charge is 2.37. The molecule has 0 spiro atoms. The summed E-state index contributed by atoms with van der Waals surface area (Å²) < 4.78 is 0. The number of benzene rings is 3. The maximum absolute atomic E-state index is 13.6. The Balaban J connectivity index is 1.39. The monoisotopic (exact) mass is 539 g/mol. The molecule has 0 aromatic heterocycles. The molecule has 1 saturated heterocycles. The number of allylic oxidation sites excluding steroid dienone is 1. The molecule has 0 saturated carbocycles. The summed E-state index contributed by atoms with van der Waals surface area (Å²) >= 11 is 1.72. The quantitative estimate of drug-likeness (QED) is 0.309. The predicted molar refractivity (Wildman–Crippen MR) is 161 cm³/mol. The van der Waals surface area contributed by atoms with E-state index in [1.54, 1.807) is 11.8 Å². The summed E-state index contributed by atoms with van der Waals surface area (Å²) in [5.41, 5.74) is 5.56. The van der Waals surface area contributed by atoms with Gasteiger partial charge in [-0.3, -0.25) is 4.79 Å². The molecule has 2 aliphatic rings. The van der Waals surface area contributed by atoms with Crippen molar-refractivity contribution in [2.24, 2.45) is 4.99 Å². The molecule has 8 heteroatoms. The van der Waals surface area contributed by atoms with Crippen molar-refractivity contribution in [2.45, 2.75) is 39.2 Å². The molecule has 0 bridgehead atoms. The smallest absolute Gasteiger partial charge is 0.323 e. The number of hydrogen-bond acceptors (Lipinski definition) is 5. The van der Waals surface area contributed by atoms with E-state index < -0.39 is 0 Å². The van der Waals surface area contributed by atoms with Crippen LogP contribution < -0.4 is 16.0 Å². The Hall–Kier alpha value is -4.04. The van der Waals surface area contributed by atoms with Gasteiger partial charge in [-0.2, -0.15) is 0 Å². The van der Waals surface area contributed by atoms with Crippen LogP contribution in [0.2, 0.25) is 0 Å². The number of para-hydroxylation sites is 1. The lowest BCUT2D eigenvalue weighted by molar-refractivity contribution is -0.113.